The van der Waals surface area contributed by atoms with Crippen molar-refractivity contribution in [1.29, 1.82) is 0 Å². The molecule has 0 radical (unpaired) electrons. The number of para-hydroxylation sites is 1. The Bertz CT molecular complexity index is 1680. The lowest BCUT2D eigenvalue weighted by Crippen LogP contribution is -2.32. The highest BCUT2D eigenvalue weighted by molar-refractivity contribution is 5.99. The Morgan fingerprint density at radius 2 is 1.83 bits per heavy atom. The van der Waals surface area contributed by atoms with Crippen LogP contribution < -0.4 is 15.0 Å². The van der Waals surface area contributed by atoms with Gasteiger partial charge in [-0.1, -0.05) is 30.4 Å². The van der Waals surface area contributed by atoms with E-state index in [2.05, 4.69) is 6.07 Å². The average Bonchev–Trinajstić information content (AvgIpc) is 2.97. The van der Waals surface area contributed by atoms with Crippen LogP contribution in [0.2, 0.25) is 0 Å². The Morgan fingerprint density at radius 1 is 1.00 bits per heavy atom. The highest BCUT2D eigenvalue weighted by Crippen LogP contribution is 2.47. The molecule has 2 atom stereocenters. The molecule has 218 valence electrons. The number of pyridine rings is 1. The first-order chi connectivity index (χ1) is 20.4. The number of methoxy groups -OCH3 is 1. The van der Waals surface area contributed by atoms with Crippen molar-refractivity contribution in [3.8, 4) is 11.5 Å². The van der Waals surface area contributed by atoms with E-state index in [1.807, 2.05) is 35.8 Å². The summed E-state index contributed by atoms with van der Waals surface area (Å²) in [7, 11) is 1.48. The second-order valence-corrected chi connectivity index (χ2v) is 11.5. The molecule has 6 rings (SSSR count). The molecule has 2 aromatic carbocycles. The molecule has 0 bridgehead atoms. The van der Waals surface area contributed by atoms with Gasteiger partial charge in [0.1, 0.15) is 22.8 Å². The van der Waals surface area contributed by atoms with Gasteiger partial charge < -0.3 is 18.8 Å². The fourth-order valence-corrected chi connectivity index (χ4v) is 6.61. The smallest absolute Gasteiger partial charge is 0.342 e. The van der Waals surface area contributed by atoms with Gasteiger partial charge in [-0.25, -0.2) is 4.79 Å². The lowest BCUT2D eigenvalue weighted by molar-refractivity contribution is -0.135. The molecular weight excluding hydrogens is 534 g/mol. The zero-order chi connectivity index (χ0) is 29.4. The topological polar surface area (TPSA) is 101 Å². The molecule has 3 aromatic rings. The van der Waals surface area contributed by atoms with Gasteiger partial charge >= 0.3 is 11.9 Å². The van der Waals surface area contributed by atoms with Crippen LogP contribution in [-0.4, -0.2) is 35.5 Å². The van der Waals surface area contributed by atoms with Gasteiger partial charge in [0, 0.05) is 36.4 Å². The molecule has 0 N–H and O–H groups in total. The van der Waals surface area contributed by atoms with Crippen molar-refractivity contribution in [3.63, 3.8) is 0 Å². The maximum Gasteiger partial charge on any atom is 0.342 e. The molecule has 0 aliphatic carbocycles. The lowest BCUT2D eigenvalue weighted by Gasteiger charge is -2.29. The Hall–Kier alpha value is -4.20. The van der Waals surface area contributed by atoms with Gasteiger partial charge in [0.05, 0.1) is 25.2 Å². The van der Waals surface area contributed by atoms with Crippen molar-refractivity contribution in [2.24, 2.45) is 0 Å². The minimum absolute atomic E-state index is 0.0576. The first-order valence-corrected chi connectivity index (χ1v) is 14.9. The molecule has 42 heavy (non-hydrogen) atoms. The fraction of sp³-hybridized carbons (Fsp3) is 0.412. The summed E-state index contributed by atoms with van der Waals surface area (Å²) in [4.78, 5) is 52.9. The molecule has 0 saturated heterocycles. The highest BCUT2D eigenvalue weighted by Gasteiger charge is 2.38. The van der Waals surface area contributed by atoms with Crippen LogP contribution in [0.15, 0.2) is 41.2 Å². The largest absolute Gasteiger partial charge is 0.495 e. The molecule has 8 nitrogen and oxygen atoms in total. The summed E-state index contributed by atoms with van der Waals surface area (Å²) >= 11 is 0. The van der Waals surface area contributed by atoms with Crippen LogP contribution in [0.5, 0.6) is 11.5 Å². The molecule has 0 spiro atoms. The predicted molar refractivity (Wildman–Crippen MR) is 158 cm³/mol. The van der Waals surface area contributed by atoms with Crippen LogP contribution in [0.3, 0.4) is 0 Å². The molecule has 3 aliphatic heterocycles. The number of Topliss-reactive ketones (excluding diaryl/α,β-unsaturated/α-hetero) is 1. The van der Waals surface area contributed by atoms with E-state index in [0.29, 0.717) is 61.8 Å². The number of carbonyl (C=O) groups excluding carboxylic acids is 3. The van der Waals surface area contributed by atoms with Crippen molar-refractivity contribution >= 4 is 34.7 Å². The van der Waals surface area contributed by atoms with Crippen molar-refractivity contribution in [2.45, 2.75) is 83.3 Å². The molecule has 0 saturated carbocycles. The summed E-state index contributed by atoms with van der Waals surface area (Å²) < 4.78 is 19.3. The maximum atomic E-state index is 14.0. The number of hydrogen-bond donors (Lipinski definition) is 0. The minimum Gasteiger partial charge on any atom is -0.495 e. The molecule has 0 unspecified atom stereocenters. The third-order valence-electron chi connectivity index (χ3n) is 8.59. The molecule has 4 heterocycles. The number of fused-ring (bicyclic) bond motifs is 2. The van der Waals surface area contributed by atoms with Crippen molar-refractivity contribution < 1.29 is 28.6 Å². The number of benzene rings is 2. The summed E-state index contributed by atoms with van der Waals surface area (Å²) in [6.07, 6.45) is 8.54. The molecule has 1 aromatic heterocycles. The third kappa shape index (κ3) is 5.14. The van der Waals surface area contributed by atoms with E-state index in [9.17, 15) is 19.2 Å². The summed E-state index contributed by atoms with van der Waals surface area (Å²) in [5.41, 5.74) is 3.64. The summed E-state index contributed by atoms with van der Waals surface area (Å²) in [6.45, 7) is 2.42. The second-order valence-electron chi connectivity index (χ2n) is 11.5. The Kier molecular flexibility index (Phi) is 7.71. The summed E-state index contributed by atoms with van der Waals surface area (Å²) in [6, 6.07) is 9.58. The van der Waals surface area contributed by atoms with Crippen LogP contribution in [0.25, 0.3) is 17.0 Å². The van der Waals surface area contributed by atoms with Crippen LogP contribution in [0.4, 0.5) is 0 Å². The third-order valence-corrected chi connectivity index (χ3v) is 8.59. The number of ether oxygens (including phenoxy) is 3. The number of hydrogen-bond acceptors (Lipinski definition) is 7. The zero-order valence-electron chi connectivity index (χ0n) is 24.1. The van der Waals surface area contributed by atoms with E-state index in [0.717, 1.165) is 29.3 Å². The van der Waals surface area contributed by atoms with E-state index in [1.54, 1.807) is 12.1 Å². The molecule has 0 amide bonds. The number of allylic oxidation sites excluding steroid dienone is 1. The number of esters is 2. The van der Waals surface area contributed by atoms with E-state index >= 15 is 0 Å². The van der Waals surface area contributed by atoms with E-state index in [-0.39, 0.29) is 34.8 Å². The SMILES string of the molecule is COc1c2c(cc3c1[C@@H](c1cc4cccc5c4n(c1=O)CCC5)CC(=O)O3)C=CCCCC(=O)CCC[C@H](C)OC2=O. The van der Waals surface area contributed by atoms with Crippen molar-refractivity contribution in [3.05, 3.63) is 74.6 Å². The van der Waals surface area contributed by atoms with Gasteiger partial charge in [0.25, 0.3) is 5.56 Å². The van der Waals surface area contributed by atoms with Gasteiger partial charge in [0.2, 0.25) is 0 Å². The molecular formula is C34H35NO7. The standard InChI is InChI=1S/C34H35NO7/c1-20-9-6-15-24(36)14-5-3-4-10-22-18-27-30(32(40-2)29(22)34(39)41-20)25(19-28(37)42-27)26-17-23-12-7-11-21-13-8-16-35(31(21)23)33(26)38/h4,7,10-12,17-18,20,25H,3,5-6,8-9,13-16,19H2,1-2H3/t20-,25+/m0/s1. The normalized spacial score (nSPS) is 21.1. The number of aryl methyl sites for hydroxylation is 2. The van der Waals surface area contributed by atoms with Crippen molar-refractivity contribution in [2.75, 3.05) is 7.11 Å². The van der Waals surface area contributed by atoms with E-state index in [1.165, 1.54) is 7.11 Å². The predicted octanol–water partition coefficient (Wildman–Crippen LogP) is 5.88. The van der Waals surface area contributed by atoms with E-state index in [4.69, 9.17) is 14.2 Å². The first kappa shape index (κ1) is 27.9. The number of cyclic esters (lactones) is 1. The number of rotatable bonds is 2. The van der Waals surface area contributed by atoms with E-state index < -0.39 is 24.0 Å². The second kappa shape index (κ2) is 11.6. The van der Waals surface area contributed by atoms with Crippen LogP contribution in [0, 0.1) is 0 Å². The monoisotopic (exact) mass is 569 g/mol. The lowest BCUT2D eigenvalue weighted by atomic mass is 9.83. The summed E-state index contributed by atoms with van der Waals surface area (Å²) in [5.74, 6) is -0.961. The van der Waals surface area contributed by atoms with Gasteiger partial charge in [-0.3, -0.25) is 14.4 Å². The number of nitrogens with zero attached hydrogens (tertiary/aromatic N) is 1. The van der Waals surface area contributed by atoms with Gasteiger partial charge in [-0.2, -0.15) is 0 Å². The van der Waals surface area contributed by atoms with Crippen LogP contribution >= 0.6 is 0 Å². The Morgan fingerprint density at radius 3 is 2.67 bits per heavy atom. The molecule has 0 fully saturated rings. The van der Waals surface area contributed by atoms with Gasteiger partial charge in [-0.05, 0) is 74.1 Å². The highest BCUT2D eigenvalue weighted by atomic mass is 16.5. The zero-order valence-corrected chi connectivity index (χ0v) is 24.1. The van der Waals surface area contributed by atoms with Crippen molar-refractivity contribution in [1.82, 2.24) is 4.57 Å². The fourth-order valence-electron chi connectivity index (χ4n) is 6.61. The van der Waals surface area contributed by atoms with Gasteiger partial charge in [-0.15, -0.1) is 0 Å². The Balaban J connectivity index is 1.53. The number of carbonyl (C=O) groups is 3. The van der Waals surface area contributed by atoms with Crippen LogP contribution in [-0.2, 0) is 27.3 Å². The Labute approximate surface area is 244 Å². The van der Waals surface area contributed by atoms with Gasteiger partial charge in [0.15, 0.2) is 0 Å². The number of aromatic nitrogens is 1. The quantitative estimate of drug-likeness (QED) is 0.281. The molecule has 8 heteroatoms. The number of ketones is 1. The summed E-state index contributed by atoms with van der Waals surface area (Å²) in [5, 5.41) is 0.939. The average molecular weight is 570 g/mol. The first-order valence-electron chi connectivity index (χ1n) is 14.9. The van der Waals surface area contributed by atoms with Crippen LogP contribution in [0.1, 0.15) is 96.8 Å². The maximum absolute atomic E-state index is 14.0. The molecule has 3 aliphatic rings. The minimum atomic E-state index is -0.666.